The molecule has 7 nitrogen and oxygen atoms in total. The highest BCUT2D eigenvalue weighted by Gasteiger charge is 2.37. The van der Waals surface area contributed by atoms with E-state index >= 15 is 0 Å². The number of thiazole rings is 1. The van der Waals surface area contributed by atoms with E-state index in [1.54, 1.807) is 26.3 Å². The van der Waals surface area contributed by atoms with Crippen LogP contribution in [0.4, 0.5) is 4.79 Å². The summed E-state index contributed by atoms with van der Waals surface area (Å²) >= 11 is 7.85. The number of nitrogens with zero attached hydrogens (tertiary/aromatic N) is 1. The number of carbonyl (C=O) groups is 1. The van der Waals surface area contributed by atoms with Crippen LogP contribution in [0.25, 0.3) is 10.6 Å². The molecule has 1 N–H and O–H groups in total. The van der Waals surface area contributed by atoms with E-state index in [1.807, 2.05) is 32.9 Å². The zero-order chi connectivity index (χ0) is 21.2. The summed E-state index contributed by atoms with van der Waals surface area (Å²) in [5.74, 6) is 0.686. The van der Waals surface area contributed by atoms with Gasteiger partial charge in [-0.15, -0.1) is 11.3 Å². The summed E-state index contributed by atoms with van der Waals surface area (Å²) in [7, 11) is 1.59. The third-order valence-corrected chi connectivity index (χ3v) is 5.43. The Morgan fingerprint density at radius 3 is 2.69 bits per heavy atom. The first-order chi connectivity index (χ1) is 13.6. The normalized spacial score (nSPS) is 19.9. The van der Waals surface area contributed by atoms with E-state index in [9.17, 15) is 4.79 Å². The van der Waals surface area contributed by atoms with Gasteiger partial charge >= 0.3 is 6.09 Å². The van der Waals surface area contributed by atoms with E-state index in [4.69, 9.17) is 30.5 Å². The Morgan fingerprint density at radius 2 is 2.10 bits per heavy atom. The first-order valence-electron chi connectivity index (χ1n) is 9.23. The zero-order valence-electron chi connectivity index (χ0n) is 17.0. The Balaban J connectivity index is 1.72. The van der Waals surface area contributed by atoms with E-state index < -0.39 is 24.0 Å². The zero-order valence-corrected chi connectivity index (χ0v) is 18.6. The summed E-state index contributed by atoms with van der Waals surface area (Å²) in [4.78, 5) is 17.7. The number of hydrogen-bond acceptors (Lipinski definition) is 7. The minimum atomic E-state index is -0.591. The number of amides is 1. The van der Waals surface area contributed by atoms with Gasteiger partial charge in [0, 0.05) is 23.1 Å². The Kier molecular flexibility index (Phi) is 6.68. The number of aromatic nitrogens is 1. The molecule has 0 spiro atoms. The Morgan fingerprint density at radius 1 is 1.38 bits per heavy atom. The molecule has 3 rings (SSSR count). The standard InChI is InChI=1S/C20H25ClN2O5S/c1-11-26-18(27-11)16(23-19(24)28-20(2,3)4)9-13-10-22-17(29-13)14-7-6-12(25-5)8-15(14)21/h6-8,10-11,16,18H,9H2,1-5H3,(H,23,24). The maximum atomic E-state index is 12.2. The fourth-order valence-electron chi connectivity index (χ4n) is 2.79. The first-order valence-corrected chi connectivity index (χ1v) is 10.4. The third-order valence-electron chi connectivity index (χ3n) is 4.06. The smallest absolute Gasteiger partial charge is 0.408 e. The molecule has 1 aromatic carbocycles. The number of rotatable bonds is 6. The SMILES string of the molecule is COc1ccc(-c2ncc(CC(NC(=O)OC(C)(C)C)C3OC(C)O3)s2)c(Cl)c1. The van der Waals surface area contributed by atoms with Crippen molar-refractivity contribution >= 4 is 29.0 Å². The number of methoxy groups -OCH3 is 1. The second-order valence-corrected chi connectivity index (χ2v) is 9.16. The number of hydrogen-bond donors (Lipinski definition) is 1. The molecule has 1 aliphatic rings. The fraction of sp³-hybridized carbons (Fsp3) is 0.500. The average Bonchev–Trinajstić information content (AvgIpc) is 3.04. The van der Waals surface area contributed by atoms with Crippen molar-refractivity contribution in [2.45, 2.75) is 58.3 Å². The van der Waals surface area contributed by atoms with Crippen LogP contribution >= 0.6 is 22.9 Å². The van der Waals surface area contributed by atoms with Gasteiger partial charge in [0.05, 0.1) is 18.2 Å². The van der Waals surface area contributed by atoms with Gasteiger partial charge < -0.3 is 24.3 Å². The van der Waals surface area contributed by atoms with Crippen molar-refractivity contribution in [1.82, 2.24) is 10.3 Å². The number of alkyl carbamates (subject to hydrolysis) is 1. The number of carbonyl (C=O) groups excluding carboxylic acids is 1. The van der Waals surface area contributed by atoms with Gasteiger partial charge in [0.1, 0.15) is 16.4 Å². The first kappa shape index (κ1) is 21.8. The maximum absolute atomic E-state index is 12.2. The molecule has 1 amide bonds. The minimum absolute atomic E-state index is 0.293. The minimum Gasteiger partial charge on any atom is -0.497 e. The third kappa shape index (κ3) is 5.82. The van der Waals surface area contributed by atoms with E-state index in [1.165, 1.54) is 11.3 Å². The molecule has 1 aliphatic heterocycles. The molecule has 1 fully saturated rings. The van der Waals surface area contributed by atoms with Crippen LogP contribution in [0.2, 0.25) is 5.02 Å². The second-order valence-electron chi connectivity index (χ2n) is 7.64. The molecular formula is C20H25ClN2O5S. The topological polar surface area (TPSA) is 78.9 Å². The molecule has 2 heterocycles. The molecule has 29 heavy (non-hydrogen) atoms. The molecule has 2 aromatic rings. The lowest BCUT2D eigenvalue weighted by molar-refractivity contribution is -0.383. The Hall–Kier alpha value is -1.87. The van der Waals surface area contributed by atoms with E-state index in [0.29, 0.717) is 17.2 Å². The van der Waals surface area contributed by atoms with Gasteiger partial charge in [0.25, 0.3) is 0 Å². The quantitative estimate of drug-likeness (QED) is 0.705. The lowest BCUT2D eigenvalue weighted by atomic mass is 10.1. The van der Waals surface area contributed by atoms with E-state index in [-0.39, 0.29) is 6.29 Å². The summed E-state index contributed by atoms with van der Waals surface area (Å²) in [5.41, 5.74) is 0.233. The Labute approximate surface area is 179 Å². The predicted molar refractivity (Wildman–Crippen MR) is 111 cm³/mol. The molecule has 0 saturated carbocycles. The number of halogens is 1. The van der Waals surface area contributed by atoms with Gasteiger partial charge in [-0.3, -0.25) is 0 Å². The molecule has 0 radical (unpaired) electrons. The Bertz CT molecular complexity index is 861. The average molecular weight is 441 g/mol. The van der Waals surface area contributed by atoms with Crippen molar-refractivity contribution in [2.24, 2.45) is 0 Å². The number of ether oxygens (including phenoxy) is 4. The largest absolute Gasteiger partial charge is 0.497 e. The summed E-state index contributed by atoms with van der Waals surface area (Å²) in [6.07, 6.45) is 0.914. The molecule has 1 aromatic heterocycles. The van der Waals surface area contributed by atoms with Crippen molar-refractivity contribution in [3.8, 4) is 16.3 Å². The molecular weight excluding hydrogens is 416 g/mol. The monoisotopic (exact) mass is 440 g/mol. The van der Waals surface area contributed by atoms with Crippen LogP contribution in [0.15, 0.2) is 24.4 Å². The summed E-state index contributed by atoms with van der Waals surface area (Å²) in [6, 6.07) is 5.07. The lowest BCUT2D eigenvalue weighted by Gasteiger charge is -2.39. The number of nitrogens with one attached hydrogen (secondary N) is 1. The van der Waals surface area contributed by atoms with E-state index in [2.05, 4.69) is 10.3 Å². The van der Waals surface area contributed by atoms with Crippen LogP contribution in [-0.2, 0) is 20.6 Å². The van der Waals surface area contributed by atoms with Crippen LogP contribution < -0.4 is 10.1 Å². The van der Waals surface area contributed by atoms with Crippen LogP contribution in [-0.4, -0.2) is 42.4 Å². The van der Waals surface area contributed by atoms with E-state index in [0.717, 1.165) is 15.4 Å². The molecule has 0 bridgehead atoms. The van der Waals surface area contributed by atoms with Gasteiger partial charge in [-0.05, 0) is 45.9 Å². The van der Waals surface area contributed by atoms with Gasteiger partial charge in [0.15, 0.2) is 12.6 Å². The molecule has 9 heteroatoms. The van der Waals surface area contributed by atoms with Crippen molar-refractivity contribution in [3.05, 3.63) is 34.3 Å². The van der Waals surface area contributed by atoms with Crippen molar-refractivity contribution < 1.29 is 23.7 Å². The van der Waals surface area contributed by atoms with Crippen molar-refractivity contribution in [1.29, 1.82) is 0 Å². The fourth-order valence-corrected chi connectivity index (χ4v) is 4.12. The van der Waals surface area contributed by atoms with Crippen LogP contribution in [0.1, 0.15) is 32.6 Å². The highest BCUT2D eigenvalue weighted by molar-refractivity contribution is 7.15. The molecule has 0 aliphatic carbocycles. The molecule has 1 saturated heterocycles. The second kappa shape index (κ2) is 8.87. The molecule has 158 valence electrons. The number of benzene rings is 1. The van der Waals surface area contributed by atoms with Gasteiger partial charge in [-0.2, -0.15) is 0 Å². The predicted octanol–water partition coefficient (Wildman–Crippen LogP) is 4.63. The van der Waals surface area contributed by atoms with Crippen LogP contribution in [0, 0.1) is 0 Å². The van der Waals surface area contributed by atoms with Crippen LogP contribution in [0.5, 0.6) is 5.75 Å². The van der Waals surface area contributed by atoms with Gasteiger partial charge in [-0.1, -0.05) is 11.6 Å². The van der Waals surface area contributed by atoms with Crippen molar-refractivity contribution in [3.63, 3.8) is 0 Å². The van der Waals surface area contributed by atoms with Crippen molar-refractivity contribution in [2.75, 3.05) is 7.11 Å². The highest BCUT2D eigenvalue weighted by Crippen LogP contribution is 2.34. The lowest BCUT2D eigenvalue weighted by Crippen LogP contribution is -2.55. The van der Waals surface area contributed by atoms with Gasteiger partial charge in [0.2, 0.25) is 0 Å². The maximum Gasteiger partial charge on any atom is 0.408 e. The highest BCUT2D eigenvalue weighted by atomic mass is 35.5. The molecule has 1 atom stereocenters. The summed E-state index contributed by atoms with van der Waals surface area (Å²) in [6.45, 7) is 7.24. The summed E-state index contributed by atoms with van der Waals surface area (Å²) in [5, 5.41) is 4.19. The van der Waals surface area contributed by atoms with Crippen LogP contribution in [0.3, 0.4) is 0 Å². The summed E-state index contributed by atoms with van der Waals surface area (Å²) < 4.78 is 21.7. The van der Waals surface area contributed by atoms with Gasteiger partial charge in [-0.25, -0.2) is 9.78 Å². The molecule has 1 unspecified atom stereocenters.